The van der Waals surface area contributed by atoms with Gasteiger partial charge in [0.25, 0.3) is 0 Å². The summed E-state index contributed by atoms with van der Waals surface area (Å²) in [5.74, 6) is 0. The van der Waals surface area contributed by atoms with Crippen LogP contribution in [0, 0.1) is 6.92 Å². The van der Waals surface area contributed by atoms with Crippen molar-refractivity contribution < 1.29 is 17.2 Å². The van der Waals surface area contributed by atoms with Gasteiger partial charge < -0.3 is 0 Å². The number of benzene rings is 1. The first-order valence-electron chi connectivity index (χ1n) is 6.50. The summed E-state index contributed by atoms with van der Waals surface area (Å²) in [6.45, 7) is 2.52. The zero-order valence-corrected chi connectivity index (χ0v) is 15.5. The van der Waals surface area contributed by atoms with Crippen LogP contribution in [0.4, 0.5) is 8.78 Å². The fraction of sp³-hybridized carbons (Fsp3) is 0.538. The molecule has 1 aromatic rings. The van der Waals surface area contributed by atoms with Gasteiger partial charge in [-0.3, -0.25) is 0 Å². The second kappa shape index (κ2) is 6.62. The maximum absolute atomic E-state index is 13.0. The van der Waals surface area contributed by atoms with E-state index in [4.69, 9.17) is 0 Å². The fourth-order valence-corrected chi connectivity index (χ4v) is 6.81. The quantitative estimate of drug-likeness (QED) is 0.526. The molecule has 0 bridgehead atoms. The first-order chi connectivity index (χ1) is 9.68. The summed E-state index contributed by atoms with van der Waals surface area (Å²) in [6, 6.07) is 6.70. The molecule has 118 valence electrons. The van der Waals surface area contributed by atoms with Crippen LogP contribution in [0.15, 0.2) is 29.2 Å². The van der Waals surface area contributed by atoms with E-state index in [1.807, 2.05) is 6.92 Å². The van der Waals surface area contributed by atoms with E-state index < -0.39 is 28.7 Å². The molecule has 0 amide bonds. The summed E-state index contributed by atoms with van der Waals surface area (Å²) in [5.41, 5.74) is 0.995. The first kappa shape index (κ1) is 17.3. The van der Waals surface area contributed by atoms with Crippen LogP contribution in [0.3, 0.4) is 0 Å². The molecule has 0 unspecified atom stereocenters. The number of piperidine rings is 1. The maximum atomic E-state index is 13.0. The van der Waals surface area contributed by atoms with Crippen molar-refractivity contribution in [3.8, 4) is 0 Å². The minimum absolute atomic E-state index is 0.0867. The third-order valence-electron chi connectivity index (χ3n) is 3.36. The fourth-order valence-electron chi connectivity index (χ4n) is 2.24. The van der Waals surface area contributed by atoms with Crippen molar-refractivity contribution in [1.82, 2.24) is 4.31 Å². The van der Waals surface area contributed by atoms with Gasteiger partial charge in [0.1, 0.15) is 0 Å². The van der Waals surface area contributed by atoms with Crippen LogP contribution in [-0.2, 0) is 10.0 Å². The van der Waals surface area contributed by atoms with Crippen LogP contribution >= 0.6 is 15.9 Å². The molecule has 1 heterocycles. The molecule has 2 rings (SSSR count). The van der Waals surface area contributed by atoms with Crippen LogP contribution in [0.5, 0.6) is 0 Å². The van der Waals surface area contributed by atoms with Gasteiger partial charge in [0.05, 0.1) is 0 Å². The van der Waals surface area contributed by atoms with Crippen molar-refractivity contribution in [1.29, 1.82) is 0 Å². The molecule has 0 aromatic heterocycles. The molecule has 0 atom stereocenters. The van der Waals surface area contributed by atoms with Crippen LogP contribution in [0.2, 0.25) is 4.82 Å². The van der Waals surface area contributed by atoms with E-state index in [9.17, 15) is 17.2 Å². The van der Waals surface area contributed by atoms with Gasteiger partial charge in [-0.05, 0) is 0 Å². The average molecular weight is 447 g/mol. The number of aryl methyl sites for hydroxylation is 1. The third kappa shape index (κ3) is 4.73. The SMILES string of the molecule is Cc1ccc(S(=O)(=O)N2CCC([Se]C(F)(F)Br)CC2)cc1. The molecule has 0 saturated carbocycles. The second-order valence-electron chi connectivity index (χ2n) is 4.98. The van der Waals surface area contributed by atoms with Crippen molar-refractivity contribution in [2.24, 2.45) is 0 Å². The van der Waals surface area contributed by atoms with Gasteiger partial charge in [0, 0.05) is 0 Å². The van der Waals surface area contributed by atoms with E-state index in [2.05, 4.69) is 15.9 Å². The zero-order chi connectivity index (χ0) is 15.7. The number of rotatable bonds is 4. The van der Waals surface area contributed by atoms with Gasteiger partial charge in [-0.2, -0.15) is 0 Å². The molecule has 1 aliphatic rings. The molecule has 0 aliphatic carbocycles. The number of nitrogens with zero attached hydrogens (tertiary/aromatic N) is 1. The molecule has 1 aromatic carbocycles. The van der Waals surface area contributed by atoms with Crippen molar-refractivity contribution in [3.63, 3.8) is 0 Å². The Hall–Kier alpha value is -0.0105. The van der Waals surface area contributed by atoms with E-state index in [-0.39, 0.29) is 9.71 Å². The molecule has 1 fully saturated rings. The van der Waals surface area contributed by atoms with E-state index >= 15 is 0 Å². The molecule has 0 N–H and O–H groups in total. The van der Waals surface area contributed by atoms with E-state index in [0.717, 1.165) is 5.56 Å². The van der Waals surface area contributed by atoms with Gasteiger partial charge in [0.15, 0.2) is 0 Å². The summed E-state index contributed by atoms with van der Waals surface area (Å²) >= 11 is 1.53. The van der Waals surface area contributed by atoms with Crippen molar-refractivity contribution in [2.45, 2.75) is 33.2 Å². The Labute approximate surface area is 138 Å². The zero-order valence-electron chi connectivity index (χ0n) is 11.4. The monoisotopic (exact) mass is 447 g/mol. The Kier molecular flexibility index (Phi) is 5.47. The summed E-state index contributed by atoms with van der Waals surface area (Å²) in [5, 5.41) is 0. The Morgan fingerprint density at radius 3 is 2.24 bits per heavy atom. The third-order valence-corrected chi connectivity index (χ3v) is 8.49. The van der Waals surface area contributed by atoms with Crippen molar-refractivity contribution in [3.05, 3.63) is 29.8 Å². The Balaban J connectivity index is 2.03. The molecule has 8 heteroatoms. The van der Waals surface area contributed by atoms with Crippen LogP contribution in [-0.4, -0.2) is 44.5 Å². The summed E-state index contributed by atoms with van der Waals surface area (Å²) in [6.07, 6.45) is 0.985. The second-order valence-corrected chi connectivity index (χ2v) is 12.1. The standard InChI is InChI=1S/C13H16BrF2NO2SSe/c1-10-2-4-11(5-3-10)20(18,19)17-8-6-12(7-9-17)21-13(14,15)16/h2-5,12H,6-9H2,1H3. The number of hydrogen-bond donors (Lipinski definition) is 0. The first-order valence-corrected chi connectivity index (χ1v) is 10.6. The Morgan fingerprint density at radius 1 is 1.24 bits per heavy atom. The molecular formula is C13H16BrF2NO2SSe. The number of sulfonamides is 1. The Morgan fingerprint density at radius 2 is 1.76 bits per heavy atom. The molecular weight excluding hydrogens is 431 g/mol. The average Bonchev–Trinajstić information content (AvgIpc) is 2.38. The normalized spacial score (nSPS) is 18.9. The summed E-state index contributed by atoms with van der Waals surface area (Å²) < 4.78 is 49.4. The summed E-state index contributed by atoms with van der Waals surface area (Å²) in [4.78, 5) is 0.180. The number of hydrogen-bond acceptors (Lipinski definition) is 2. The van der Waals surface area contributed by atoms with E-state index in [1.165, 1.54) is 4.31 Å². The Bertz CT molecular complexity index is 581. The molecule has 3 nitrogen and oxygen atoms in total. The van der Waals surface area contributed by atoms with Gasteiger partial charge >= 0.3 is 139 Å². The van der Waals surface area contributed by atoms with Crippen molar-refractivity contribution >= 4 is 40.9 Å². The summed E-state index contributed by atoms with van der Waals surface area (Å²) in [7, 11) is -3.50. The topological polar surface area (TPSA) is 37.4 Å². The molecule has 21 heavy (non-hydrogen) atoms. The van der Waals surface area contributed by atoms with Crippen LogP contribution in [0.25, 0.3) is 0 Å². The van der Waals surface area contributed by atoms with Crippen LogP contribution in [0.1, 0.15) is 18.4 Å². The molecule has 0 spiro atoms. The number of alkyl halides is 3. The van der Waals surface area contributed by atoms with E-state index in [0.29, 0.717) is 25.9 Å². The molecule has 0 radical (unpaired) electrons. The van der Waals surface area contributed by atoms with E-state index in [1.54, 1.807) is 24.3 Å². The van der Waals surface area contributed by atoms with Gasteiger partial charge in [-0.25, -0.2) is 0 Å². The predicted molar refractivity (Wildman–Crippen MR) is 82.5 cm³/mol. The van der Waals surface area contributed by atoms with Crippen molar-refractivity contribution in [2.75, 3.05) is 13.1 Å². The minimum atomic E-state index is -3.50. The molecule has 1 aliphatic heterocycles. The van der Waals surface area contributed by atoms with Gasteiger partial charge in [0.2, 0.25) is 0 Å². The van der Waals surface area contributed by atoms with Gasteiger partial charge in [-0.1, -0.05) is 0 Å². The van der Waals surface area contributed by atoms with Crippen LogP contribution < -0.4 is 0 Å². The molecule has 1 saturated heterocycles. The number of halogens is 3. The predicted octanol–water partition coefficient (Wildman–Crippen LogP) is 3.22. The van der Waals surface area contributed by atoms with Gasteiger partial charge in [-0.15, -0.1) is 0 Å².